The van der Waals surface area contributed by atoms with Gasteiger partial charge >= 0.3 is 0 Å². The van der Waals surface area contributed by atoms with Gasteiger partial charge in [-0.1, -0.05) is 0 Å². The molecule has 0 fully saturated rings. The molecule has 15 heavy (non-hydrogen) atoms. The van der Waals surface area contributed by atoms with Crippen molar-refractivity contribution >= 4 is 22.6 Å². The Bertz CT molecular complexity index is 463. The first-order valence-corrected chi connectivity index (χ1v) is 5.23. The van der Waals surface area contributed by atoms with E-state index in [0.717, 1.165) is 9.13 Å². The molecule has 1 aromatic heterocycles. The van der Waals surface area contributed by atoms with E-state index in [4.69, 9.17) is 4.74 Å². The van der Waals surface area contributed by atoms with Crippen LogP contribution in [-0.4, -0.2) is 27.5 Å². The van der Waals surface area contributed by atoms with Crippen LogP contribution in [0.3, 0.4) is 0 Å². The minimum absolute atomic E-state index is 0.466. The fourth-order valence-corrected chi connectivity index (χ4v) is 1.66. The van der Waals surface area contributed by atoms with Crippen molar-refractivity contribution < 1.29 is 4.74 Å². The van der Waals surface area contributed by atoms with Crippen LogP contribution in [0.2, 0.25) is 0 Å². The molecule has 0 unspecified atom stereocenters. The molecule has 0 bridgehead atoms. The first kappa shape index (κ1) is 10.2. The van der Waals surface area contributed by atoms with Crippen LogP contribution in [0.25, 0.3) is 11.4 Å². The molecule has 6 heteroatoms. The van der Waals surface area contributed by atoms with Crippen molar-refractivity contribution in [2.45, 2.75) is 0 Å². The third-order valence-electron chi connectivity index (χ3n) is 1.81. The Morgan fingerprint density at radius 3 is 2.60 bits per heavy atom. The van der Waals surface area contributed by atoms with E-state index in [1.54, 1.807) is 7.11 Å². The molecule has 0 atom stereocenters. The van der Waals surface area contributed by atoms with Gasteiger partial charge in [0.15, 0.2) is 6.33 Å². The molecule has 5 nitrogen and oxygen atoms in total. The second kappa shape index (κ2) is 4.47. The van der Waals surface area contributed by atoms with Gasteiger partial charge < -0.3 is 4.74 Å². The fraction of sp³-hybridized carbons (Fsp3) is 0.111. The molecule has 0 aliphatic rings. The van der Waals surface area contributed by atoms with E-state index < -0.39 is 0 Å². The summed E-state index contributed by atoms with van der Waals surface area (Å²) >= 11 is 2.21. The minimum atomic E-state index is 0.466. The number of hydrogen-bond acceptors (Lipinski definition) is 5. The van der Waals surface area contributed by atoms with Crippen molar-refractivity contribution in [2.24, 2.45) is 0 Å². The summed E-state index contributed by atoms with van der Waals surface area (Å²) in [4.78, 5) is 0. The van der Waals surface area contributed by atoms with Crippen LogP contribution in [0.15, 0.2) is 24.5 Å². The van der Waals surface area contributed by atoms with Crippen LogP contribution >= 0.6 is 22.6 Å². The quantitative estimate of drug-likeness (QED) is 0.787. The first-order valence-electron chi connectivity index (χ1n) is 4.15. The zero-order chi connectivity index (χ0) is 10.7. The monoisotopic (exact) mass is 314 g/mol. The van der Waals surface area contributed by atoms with Crippen molar-refractivity contribution in [3.8, 4) is 17.1 Å². The molecule has 1 aromatic carbocycles. The number of ether oxygens (including phenoxy) is 1. The van der Waals surface area contributed by atoms with Crippen LogP contribution in [0.4, 0.5) is 0 Å². The Morgan fingerprint density at radius 2 is 1.93 bits per heavy atom. The van der Waals surface area contributed by atoms with E-state index in [1.165, 1.54) is 6.33 Å². The average Bonchev–Trinajstić information content (AvgIpc) is 2.30. The summed E-state index contributed by atoms with van der Waals surface area (Å²) in [6.07, 6.45) is 1.30. The number of benzene rings is 1. The van der Waals surface area contributed by atoms with Gasteiger partial charge in [0.2, 0.25) is 5.82 Å². The standard InChI is InChI=1S/C9H7IN4O/c1-15-8-3-2-6(10)4-7(8)9-13-11-5-12-14-9/h2-5H,1H3. The van der Waals surface area contributed by atoms with E-state index in [9.17, 15) is 0 Å². The van der Waals surface area contributed by atoms with Crippen LogP contribution in [-0.2, 0) is 0 Å². The highest BCUT2D eigenvalue weighted by atomic mass is 127. The van der Waals surface area contributed by atoms with Crippen molar-refractivity contribution in [1.29, 1.82) is 0 Å². The lowest BCUT2D eigenvalue weighted by atomic mass is 10.2. The van der Waals surface area contributed by atoms with Gasteiger partial charge in [0.1, 0.15) is 5.75 Å². The molecular weight excluding hydrogens is 307 g/mol. The summed E-state index contributed by atoms with van der Waals surface area (Å²) in [5.41, 5.74) is 0.796. The van der Waals surface area contributed by atoms with Crippen LogP contribution in [0.5, 0.6) is 5.75 Å². The van der Waals surface area contributed by atoms with Crippen LogP contribution in [0.1, 0.15) is 0 Å². The molecule has 0 spiro atoms. The van der Waals surface area contributed by atoms with Gasteiger partial charge in [-0.2, -0.15) is 0 Å². The number of nitrogens with zero attached hydrogens (tertiary/aromatic N) is 4. The predicted molar refractivity (Wildman–Crippen MR) is 62.3 cm³/mol. The number of methoxy groups -OCH3 is 1. The first-order chi connectivity index (χ1) is 7.31. The summed E-state index contributed by atoms with van der Waals surface area (Å²) in [5, 5.41) is 15.2. The van der Waals surface area contributed by atoms with Gasteiger partial charge in [-0.3, -0.25) is 0 Å². The summed E-state index contributed by atoms with van der Waals surface area (Å²) in [6.45, 7) is 0. The normalized spacial score (nSPS) is 10.0. The smallest absolute Gasteiger partial charge is 0.207 e. The molecule has 0 aliphatic carbocycles. The molecule has 2 rings (SSSR count). The lowest BCUT2D eigenvalue weighted by molar-refractivity contribution is 0.416. The second-order valence-corrected chi connectivity index (χ2v) is 3.96. The van der Waals surface area contributed by atoms with Crippen LogP contribution in [0, 0.1) is 3.57 Å². The average molecular weight is 314 g/mol. The lowest BCUT2D eigenvalue weighted by Crippen LogP contribution is -1.96. The Morgan fingerprint density at radius 1 is 1.20 bits per heavy atom. The van der Waals surface area contributed by atoms with E-state index in [1.807, 2.05) is 18.2 Å². The van der Waals surface area contributed by atoms with Gasteiger partial charge in [0.25, 0.3) is 0 Å². The van der Waals surface area contributed by atoms with Crippen molar-refractivity contribution in [2.75, 3.05) is 7.11 Å². The molecule has 0 aliphatic heterocycles. The lowest BCUT2D eigenvalue weighted by Gasteiger charge is -2.05. The predicted octanol–water partition coefficient (Wildman–Crippen LogP) is 1.55. The Hall–Kier alpha value is -1.31. The Labute approximate surface area is 100 Å². The molecule has 1 heterocycles. The highest BCUT2D eigenvalue weighted by molar-refractivity contribution is 14.1. The molecular formula is C9H7IN4O. The zero-order valence-corrected chi connectivity index (χ0v) is 10.0. The van der Waals surface area contributed by atoms with Crippen molar-refractivity contribution in [1.82, 2.24) is 20.4 Å². The number of hydrogen-bond donors (Lipinski definition) is 0. The Balaban J connectivity index is 2.56. The topological polar surface area (TPSA) is 60.8 Å². The van der Waals surface area contributed by atoms with Crippen LogP contribution < -0.4 is 4.74 Å². The number of aromatic nitrogens is 4. The van der Waals surface area contributed by atoms with Gasteiger partial charge in [0.05, 0.1) is 12.7 Å². The van der Waals surface area contributed by atoms with Gasteiger partial charge in [-0.15, -0.1) is 20.4 Å². The molecule has 0 N–H and O–H groups in total. The van der Waals surface area contributed by atoms with Crippen molar-refractivity contribution in [3.05, 3.63) is 28.1 Å². The maximum atomic E-state index is 5.22. The zero-order valence-electron chi connectivity index (χ0n) is 7.88. The second-order valence-electron chi connectivity index (χ2n) is 2.71. The maximum absolute atomic E-state index is 5.22. The highest BCUT2D eigenvalue weighted by Gasteiger charge is 2.09. The molecule has 2 aromatic rings. The highest BCUT2D eigenvalue weighted by Crippen LogP contribution is 2.27. The Kier molecular flexibility index (Phi) is 3.05. The number of halogens is 1. The summed E-state index contributed by atoms with van der Waals surface area (Å²) in [7, 11) is 1.61. The van der Waals surface area contributed by atoms with Gasteiger partial charge in [-0.05, 0) is 40.8 Å². The largest absolute Gasteiger partial charge is 0.496 e. The van der Waals surface area contributed by atoms with E-state index >= 15 is 0 Å². The third-order valence-corrected chi connectivity index (χ3v) is 2.48. The van der Waals surface area contributed by atoms with E-state index in [2.05, 4.69) is 43.0 Å². The summed E-state index contributed by atoms with van der Waals surface area (Å²) in [5.74, 6) is 1.18. The van der Waals surface area contributed by atoms with E-state index in [0.29, 0.717) is 11.6 Å². The summed E-state index contributed by atoms with van der Waals surface area (Å²) in [6, 6.07) is 5.75. The molecule has 0 saturated heterocycles. The molecule has 76 valence electrons. The molecule has 0 saturated carbocycles. The third kappa shape index (κ3) is 2.20. The fourth-order valence-electron chi connectivity index (χ4n) is 1.17. The SMILES string of the molecule is COc1ccc(I)cc1-c1nncnn1. The van der Waals surface area contributed by atoms with Crippen molar-refractivity contribution in [3.63, 3.8) is 0 Å². The van der Waals surface area contributed by atoms with E-state index in [-0.39, 0.29) is 0 Å². The molecule has 0 amide bonds. The molecule has 0 radical (unpaired) electrons. The summed E-state index contributed by atoms with van der Waals surface area (Å²) < 4.78 is 6.30. The van der Waals surface area contributed by atoms with Gasteiger partial charge in [-0.25, -0.2) is 0 Å². The number of rotatable bonds is 2. The van der Waals surface area contributed by atoms with Gasteiger partial charge in [0, 0.05) is 3.57 Å². The minimum Gasteiger partial charge on any atom is -0.496 e. The maximum Gasteiger partial charge on any atom is 0.207 e.